The van der Waals surface area contributed by atoms with Crippen LogP contribution < -0.4 is 5.32 Å². The van der Waals surface area contributed by atoms with Crippen LogP contribution in [-0.2, 0) is 4.79 Å². The summed E-state index contributed by atoms with van der Waals surface area (Å²) >= 11 is 0. The SMILES string of the molecule is O=C(Nc1cccc2ccccc12)C1[C@H]2[C@@H]3CC[C@@H](C3)[C@H]12. The van der Waals surface area contributed by atoms with Gasteiger partial charge in [0.25, 0.3) is 0 Å². The zero-order valence-corrected chi connectivity index (χ0v) is 12.0. The maximum atomic E-state index is 12.6. The Bertz CT molecular complexity index is 716. The van der Waals surface area contributed by atoms with E-state index in [0.717, 1.165) is 22.9 Å². The first-order chi connectivity index (χ1) is 10.3. The molecule has 21 heavy (non-hydrogen) atoms. The van der Waals surface area contributed by atoms with E-state index < -0.39 is 0 Å². The molecular weight excluding hydrogens is 258 g/mol. The van der Waals surface area contributed by atoms with Crippen LogP contribution in [0.3, 0.4) is 0 Å². The number of hydrogen-bond acceptors (Lipinski definition) is 1. The molecule has 2 aromatic rings. The van der Waals surface area contributed by atoms with Gasteiger partial charge in [-0.25, -0.2) is 0 Å². The van der Waals surface area contributed by atoms with Crippen LogP contribution in [0.15, 0.2) is 42.5 Å². The molecule has 0 aliphatic heterocycles. The van der Waals surface area contributed by atoms with Gasteiger partial charge in [0.2, 0.25) is 5.91 Å². The van der Waals surface area contributed by atoms with Crippen molar-refractivity contribution in [3.05, 3.63) is 42.5 Å². The van der Waals surface area contributed by atoms with Gasteiger partial charge in [-0.2, -0.15) is 0 Å². The van der Waals surface area contributed by atoms with Crippen LogP contribution in [0.4, 0.5) is 5.69 Å². The normalized spacial score (nSPS) is 35.7. The summed E-state index contributed by atoms with van der Waals surface area (Å²) in [6.07, 6.45) is 4.13. The molecular formula is C19H19NO. The van der Waals surface area contributed by atoms with Gasteiger partial charge in [0.1, 0.15) is 0 Å². The number of anilines is 1. The number of carbonyl (C=O) groups excluding carboxylic acids is 1. The molecule has 3 fully saturated rings. The summed E-state index contributed by atoms with van der Waals surface area (Å²) in [6, 6.07) is 14.4. The molecule has 3 saturated carbocycles. The van der Waals surface area contributed by atoms with E-state index in [1.54, 1.807) is 0 Å². The number of carbonyl (C=O) groups is 1. The fourth-order valence-corrected chi connectivity index (χ4v) is 5.23. The van der Waals surface area contributed by atoms with E-state index in [2.05, 4.69) is 23.5 Å². The summed E-state index contributed by atoms with van der Waals surface area (Å²) in [5.74, 6) is 3.68. The fourth-order valence-electron chi connectivity index (χ4n) is 5.23. The zero-order chi connectivity index (χ0) is 14.0. The van der Waals surface area contributed by atoms with E-state index in [4.69, 9.17) is 0 Å². The van der Waals surface area contributed by atoms with E-state index in [1.807, 2.05) is 24.3 Å². The van der Waals surface area contributed by atoms with E-state index in [-0.39, 0.29) is 5.91 Å². The summed E-state index contributed by atoms with van der Waals surface area (Å²) < 4.78 is 0. The highest BCUT2D eigenvalue weighted by atomic mass is 16.2. The van der Waals surface area contributed by atoms with Gasteiger partial charge >= 0.3 is 0 Å². The topological polar surface area (TPSA) is 29.1 Å². The van der Waals surface area contributed by atoms with Crippen molar-refractivity contribution in [2.75, 3.05) is 5.32 Å². The van der Waals surface area contributed by atoms with Crippen molar-refractivity contribution in [2.45, 2.75) is 19.3 Å². The van der Waals surface area contributed by atoms with Crippen molar-refractivity contribution in [1.29, 1.82) is 0 Å². The highest BCUT2D eigenvalue weighted by molar-refractivity contribution is 6.03. The number of rotatable bonds is 2. The van der Waals surface area contributed by atoms with Gasteiger partial charge in [0, 0.05) is 17.0 Å². The third-order valence-electron chi connectivity index (χ3n) is 6.09. The predicted octanol–water partition coefficient (Wildman–Crippen LogP) is 4.07. The summed E-state index contributed by atoms with van der Waals surface area (Å²) in [6.45, 7) is 0. The van der Waals surface area contributed by atoms with E-state index in [1.165, 1.54) is 24.6 Å². The first kappa shape index (κ1) is 11.8. The molecule has 5 atom stereocenters. The third kappa shape index (κ3) is 1.62. The van der Waals surface area contributed by atoms with Crippen LogP contribution in [0.5, 0.6) is 0 Å². The minimum Gasteiger partial charge on any atom is -0.325 e. The largest absolute Gasteiger partial charge is 0.325 e. The number of nitrogens with one attached hydrogen (secondary N) is 1. The molecule has 0 saturated heterocycles. The number of hydrogen-bond donors (Lipinski definition) is 1. The van der Waals surface area contributed by atoms with Gasteiger partial charge in [-0.15, -0.1) is 0 Å². The second-order valence-corrected chi connectivity index (χ2v) is 7.03. The molecule has 2 bridgehead atoms. The Kier molecular flexibility index (Phi) is 2.30. The summed E-state index contributed by atoms with van der Waals surface area (Å²) in [4.78, 5) is 12.6. The summed E-state index contributed by atoms with van der Waals surface area (Å²) in [5, 5.41) is 5.53. The van der Waals surface area contributed by atoms with Crippen molar-refractivity contribution in [3.63, 3.8) is 0 Å². The number of amides is 1. The lowest BCUT2D eigenvalue weighted by Crippen LogP contribution is -2.18. The average Bonchev–Trinajstić information content (AvgIpc) is 2.96. The first-order valence-electron chi connectivity index (χ1n) is 8.11. The molecule has 0 spiro atoms. The molecule has 2 nitrogen and oxygen atoms in total. The molecule has 0 radical (unpaired) electrons. The molecule has 2 aromatic carbocycles. The minimum absolute atomic E-state index is 0.262. The molecule has 3 aliphatic carbocycles. The van der Waals surface area contributed by atoms with Crippen LogP contribution in [0.2, 0.25) is 0 Å². The third-order valence-corrected chi connectivity index (χ3v) is 6.09. The molecule has 1 amide bonds. The average molecular weight is 277 g/mol. The quantitative estimate of drug-likeness (QED) is 0.880. The second kappa shape index (κ2) is 4.09. The first-order valence-corrected chi connectivity index (χ1v) is 8.11. The van der Waals surface area contributed by atoms with Gasteiger partial charge in [-0.1, -0.05) is 36.4 Å². The van der Waals surface area contributed by atoms with Crippen LogP contribution >= 0.6 is 0 Å². The highest BCUT2D eigenvalue weighted by Gasteiger charge is 2.67. The summed E-state index contributed by atoms with van der Waals surface area (Å²) in [5.41, 5.74) is 0.968. The highest BCUT2D eigenvalue weighted by Crippen LogP contribution is 2.69. The Hall–Kier alpha value is -1.83. The molecule has 2 heteroatoms. The number of benzene rings is 2. The van der Waals surface area contributed by atoms with Gasteiger partial charge in [0.15, 0.2) is 0 Å². The van der Waals surface area contributed by atoms with Gasteiger partial charge < -0.3 is 5.32 Å². The Morgan fingerprint density at radius 2 is 1.67 bits per heavy atom. The minimum atomic E-state index is 0.262. The zero-order valence-electron chi connectivity index (χ0n) is 12.0. The molecule has 5 rings (SSSR count). The molecule has 3 aliphatic rings. The molecule has 1 unspecified atom stereocenters. The molecule has 1 N–H and O–H groups in total. The Morgan fingerprint density at radius 1 is 0.952 bits per heavy atom. The Balaban J connectivity index is 1.41. The van der Waals surface area contributed by atoms with Crippen molar-refractivity contribution in [1.82, 2.24) is 0 Å². The predicted molar refractivity (Wildman–Crippen MR) is 83.9 cm³/mol. The van der Waals surface area contributed by atoms with Crippen molar-refractivity contribution < 1.29 is 4.79 Å². The van der Waals surface area contributed by atoms with Crippen molar-refractivity contribution >= 4 is 22.4 Å². The van der Waals surface area contributed by atoms with Gasteiger partial charge in [-0.05, 0) is 54.4 Å². The Morgan fingerprint density at radius 3 is 2.48 bits per heavy atom. The van der Waals surface area contributed by atoms with Crippen LogP contribution in [0.25, 0.3) is 10.8 Å². The van der Waals surface area contributed by atoms with E-state index in [9.17, 15) is 4.79 Å². The van der Waals surface area contributed by atoms with Crippen LogP contribution in [-0.4, -0.2) is 5.91 Å². The van der Waals surface area contributed by atoms with Crippen molar-refractivity contribution in [3.8, 4) is 0 Å². The lowest BCUT2D eigenvalue weighted by molar-refractivity contribution is -0.118. The van der Waals surface area contributed by atoms with E-state index in [0.29, 0.717) is 17.8 Å². The monoisotopic (exact) mass is 277 g/mol. The molecule has 0 aromatic heterocycles. The Labute approximate surface area is 124 Å². The smallest absolute Gasteiger partial charge is 0.228 e. The molecule has 0 heterocycles. The lowest BCUT2D eigenvalue weighted by Gasteiger charge is -2.11. The lowest BCUT2D eigenvalue weighted by atomic mass is 10.0. The van der Waals surface area contributed by atoms with Gasteiger partial charge in [0.05, 0.1) is 0 Å². The number of fused-ring (bicyclic) bond motifs is 6. The standard InChI is InChI=1S/C19H19NO/c21-19(18-16-12-8-9-13(10-12)17(16)18)20-15-7-3-5-11-4-1-2-6-14(11)15/h1-7,12-13,16-18H,8-10H2,(H,20,21)/t12-,13+,16-,17-,18?/m0/s1. The maximum Gasteiger partial charge on any atom is 0.228 e. The maximum absolute atomic E-state index is 12.6. The molecule has 106 valence electrons. The fraction of sp³-hybridized carbons (Fsp3) is 0.421. The van der Waals surface area contributed by atoms with E-state index >= 15 is 0 Å². The van der Waals surface area contributed by atoms with Crippen LogP contribution in [0.1, 0.15) is 19.3 Å². The van der Waals surface area contributed by atoms with Gasteiger partial charge in [-0.3, -0.25) is 4.79 Å². The van der Waals surface area contributed by atoms with Crippen molar-refractivity contribution in [2.24, 2.45) is 29.6 Å². The summed E-state index contributed by atoms with van der Waals surface area (Å²) in [7, 11) is 0. The second-order valence-electron chi connectivity index (χ2n) is 7.03. The van der Waals surface area contributed by atoms with Crippen LogP contribution in [0, 0.1) is 29.6 Å².